The first-order chi connectivity index (χ1) is 10.2. The summed E-state index contributed by atoms with van der Waals surface area (Å²) in [6, 6.07) is 10.2. The largest absolute Gasteiger partial charge is 0.326 e. The van der Waals surface area contributed by atoms with E-state index < -0.39 is 0 Å². The van der Waals surface area contributed by atoms with Gasteiger partial charge in [0.25, 0.3) is 0 Å². The third kappa shape index (κ3) is 3.02. The number of piperidine rings is 1. The van der Waals surface area contributed by atoms with Crippen LogP contribution in [0.15, 0.2) is 24.3 Å². The summed E-state index contributed by atoms with van der Waals surface area (Å²) in [5, 5.41) is 0. The minimum Gasteiger partial charge on any atom is -0.326 e. The van der Waals surface area contributed by atoms with E-state index in [1.165, 1.54) is 56.2 Å². The van der Waals surface area contributed by atoms with E-state index >= 15 is 0 Å². The van der Waals surface area contributed by atoms with E-state index in [9.17, 15) is 0 Å². The van der Waals surface area contributed by atoms with E-state index in [1.807, 2.05) is 0 Å². The molecule has 0 spiro atoms. The fraction of sp³-hybridized carbons (Fsp3) is 0.684. The lowest BCUT2D eigenvalue weighted by molar-refractivity contribution is 0.0176. The molecule has 1 aromatic rings. The molecule has 0 radical (unpaired) electrons. The van der Waals surface area contributed by atoms with Crippen LogP contribution in [0.25, 0.3) is 0 Å². The lowest BCUT2D eigenvalue weighted by Crippen LogP contribution is -2.52. The highest BCUT2D eigenvalue weighted by molar-refractivity contribution is 5.30. The molecule has 2 fully saturated rings. The van der Waals surface area contributed by atoms with Gasteiger partial charge in [-0.05, 0) is 63.1 Å². The molecule has 3 rings (SSSR count). The molecular weight excluding hydrogens is 256 g/mol. The first-order valence-corrected chi connectivity index (χ1v) is 8.75. The molecular formula is C19H30N2. The maximum atomic E-state index is 6.45. The lowest BCUT2D eigenvalue weighted by atomic mass is 9.76. The molecule has 0 bridgehead atoms. The number of rotatable bonds is 3. The molecule has 4 atom stereocenters. The van der Waals surface area contributed by atoms with Crippen molar-refractivity contribution >= 4 is 0 Å². The average molecular weight is 286 g/mol. The van der Waals surface area contributed by atoms with Crippen LogP contribution in [0.2, 0.25) is 0 Å². The standard InChI is InChI=1S/C19H30N2/c1-14-8-3-5-11-17(14)19(15(2)20)21-13-7-10-16-9-4-6-12-18(16)21/h3,5,8,11,15-16,18-19H,4,6-7,9-10,12-13,20H2,1-2H3. The van der Waals surface area contributed by atoms with Gasteiger partial charge in [-0.15, -0.1) is 0 Å². The van der Waals surface area contributed by atoms with Gasteiger partial charge in [0.2, 0.25) is 0 Å². The Hall–Kier alpha value is -0.860. The molecule has 1 aromatic carbocycles. The smallest absolute Gasteiger partial charge is 0.0502 e. The molecule has 2 N–H and O–H groups in total. The summed E-state index contributed by atoms with van der Waals surface area (Å²) in [6.45, 7) is 5.64. The maximum absolute atomic E-state index is 6.45. The van der Waals surface area contributed by atoms with Crippen LogP contribution in [0, 0.1) is 12.8 Å². The Labute approximate surface area is 129 Å². The molecule has 2 aliphatic rings. The van der Waals surface area contributed by atoms with E-state index in [2.05, 4.69) is 43.0 Å². The molecule has 2 nitrogen and oxygen atoms in total. The molecule has 21 heavy (non-hydrogen) atoms. The van der Waals surface area contributed by atoms with Crippen molar-refractivity contribution in [3.63, 3.8) is 0 Å². The fourth-order valence-electron chi connectivity index (χ4n) is 4.69. The van der Waals surface area contributed by atoms with Gasteiger partial charge in [0, 0.05) is 12.1 Å². The number of nitrogens with zero attached hydrogens (tertiary/aromatic N) is 1. The highest BCUT2D eigenvalue weighted by Gasteiger charge is 2.38. The van der Waals surface area contributed by atoms with E-state index in [0.717, 1.165) is 12.0 Å². The number of aryl methyl sites for hydroxylation is 1. The third-order valence-corrected chi connectivity index (χ3v) is 5.65. The predicted octanol–water partition coefficient (Wildman–Crippen LogP) is 4.04. The topological polar surface area (TPSA) is 29.3 Å². The number of fused-ring (bicyclic) bond motifs is 1. The van der Waals surface area contributed by atoms with E-state index in [4.69, 9.17) is 5.73 Å². The summed E-state index contributed by atoms with van der Waals surface area (Å²) in [7, 11) is 0. The van der Waals surface area contributed by atoms with Gasteiger partial charge in [0.15, 0.2) is 0 Å². The second-order valence-electron chi connectivity index (χ2n) is 7.15. The maximum Gasteiger partial charge on any atom is 0.0502 e. The van der Waals surface area contributed by atoms with Crippen molar-refractivity contribution < 1.29 is 0 Å². The Morgan fingerprint density at radius 2 is 1.81 bits per heavy atom. The second kappa shape index (κ2) is 6.50. The Balaban J connectivity index is 1.91. The summed E-state index contributed by atoms with van der Waals surface area (Å²) in [5.41, 5.74) is 9.28. The van der Waals surface area contributed by atoms with Gasteiger partial charge in [-0.1, -0.05) is 37.1 Å². The first kappa shape index (κ1) is 15.1. The minimum absolute atomic E-state index is 0.187. The molecule has 1 saturated carbocycles. The third-order valence-electron chi connectivity index (χ3n) is 5.65. The average Bonchev–Trinajstić information content (AvgIpc) is 2.49. The quantitative estimate of drug-likeness (QED) is 0.908. The summed E-state index contributed by atoms with van der Waals surface area (Å²) < 4.78 is 0. The van der Waals surface area contributed by atoms with E-state index in [0.29, 0.717) is 6.04 Å². The lowest BCUT2D eigenvalue weighted by Gasteiger charge is -2.49. The molecule has 1 heterocycles. The zero-order valence-corrected chi connectivity index (χ0v) is 13.6. The SMILES string of the molecule is Cc1ccccc1C(C(C)N)N1CCCC2CCCCC21. The van der Waals surface area contributed by atoms with Gasteiger partial charge in [-0.25, -0.2) is 0 Å². The number of hydrogen-bond donors (Lipinski definition) is 1. The molecule has 1 aliphatic heterocycles. The molecule has 0 amide bonds. The molecule has 2 heteroatoms. The second-order valence-corrected chi connectivity index (χ2v) is 7.15. The van der Waals surface area contributed by atoms with Crippen LogP contribution in [-0.4, -0.2) is 23.5 Å². The Morgan fingerprint density at radius 3 is 2.57 bits per heavy atom. The Morgan fingerprint density at radius 1 is 1.10 bits per heavy atom. The van der Waals surface area contributed by atoms with Crippen LogP contribution < -0.4 is 5.73 Å². The summed E-state index contributed by atoms with van der Waals surface area (Å²) >= 11 is 0. The number of benzene rings is 1. The van der Waals surface area contributed by atoms with Crippen molar-refractivity contribution in [3.8, 4) is 0 Å². The summed E-state index contributed by atoms with van der Waals surface area (Å²) in [4.78, 5) is 2.76. The van der Waals surface area contributed by atoms with Crippen molar-refractivity contribution in [1.29, 1.82) is 0 Å². The highest BCUT2D eigenvalue weighted by Crippen LogP contribution is 2.40. The predicted molar refractivity (Wildman–Crippen MR) is 89.3 cm³/mol. The van der Waals surface area contributed by atoms with Crippen molar-refractivity contribution in [3.05, 3.63) is 35.4 Å². The number of hydrogen-bond acceptors (Lipinski definition) is 2. The van der Waals surface area contributed by atoms with Crippen molar-refractivity contribution in [2.75, 3.05) is 6.54 Å². The van der Waals surface area contributed by atoms with Gasteiger partial charge in [-0.2, -0.15) is 0 Å². The van der Waals surface area contributed by atoms with Crippen LogP contribution in [0.3, 0.4) is 0 Å². The van der Waals surface area contributed by atoms with Gasteiger partial charge in [0.05, 0.1) is 6.04 Å². The monoisotopic (exact) mass is 286 g/mol. The molecule has 1 aliphatic carbocycles. The van der Waals surface area contributed by atoms with Crippen LogP contribution in [-0.2, 0) is 0 Å². The normalized spacial score (nSPS) is 29.7. The van der Waals surface area contributed by atoms with Crippen molar-refractivity contribution in [1.82, 2.24) is 4.90 Å². The zero-order valence-electron chi connectivity index (χ0n) is 13.6. The molecule has 4 unspecified atom stereocenters. The van der Waals surface area contributed by atoms with Gasteiger partial charge in [0.1, 0.15) is 0 Å². The summed E-state index contributed by atoms with van der Waals surface area (Å²) in [5.74, 6) is 0.915. The highest BCUT2D eigenvalue weighted by atomic mass is 15.2. The van der Waals surface area contributed by atoms with Crippen LogP contribution in [0.5, 0.6) is 0 Å². The molecule has 1 saturated heterocycles. The van der Waals surface area contributed by atoms with Crippen molar-refractivity contribution in [2.24, 2.45) is 11.7 Å². The molecule has 116 valence electrons. The van der Waals surface area contributed by atoms with Gasteiger partial charge >= 0.3 is 0 Å². The zero-order chi connectivity index (χ0) is 14.8. The van der Waals surface area contributed by atoms with Gasteiger partial charge in [-0.3, -0.25) is 4.90 Å². The number of nitrogens with two attached hydrogens (primary N) is 1. The van der Waals surface area contributed by atoms with Gasteiger partial charge < -0.3 is 5.73 Å². The first-order valence-electron chi connectivity index (χ1n) is 8.75. The number of likely N-dealkylation sites (tertiary alicyclic amines) is 1. The summed E-state index contributed by atoms with van der Waals surface area (Å²) in [6.07, 6.45) is 8.41. The Bertz CT molecular complexity index is 466. The van der Waals surface area contributed by atoms with Crippen LogP contribution in [0.1, 0.15) is 62.6 Å². The van der Waals surface area contributed by atoms with E-state index in [-0.39, 0.29) is 6.04 Å². The van der Waals surface area contributed by atoms with Crippen LogP contribution in [0.4, 0.5) is 0 Å². The van der Waals surface area contributed by atoms with Crippen molar-refractivity contribution in [2.45, 2.75) is 70.5 Å². The minimum atomic E-state index is 0.187. The fourth-order valence-corrected chi connectivity index (χ4v) is 4.69. The van der Waals surface area contributed by atoms with E-state index in [1.54, 1.807) is 0 Å². The molecule has 0 aromatic heterocycles. The Kier molecular flexibility index (Phi) is 4.66. The van der Waals surface area contributed by atoms with Crippen LogP contribution >= 0.6 is 0 Å².